The van der Waals surface area contributed by atoms with Crippen molar-refractivity contribution in [3.8, 4) is 0 Å². The van der Waals surface area contributed by atoms with Gasteiger partial charge in [-0.25, -0.2) is 0 Å². The van der Waals surface area contributed by atoms with Crippen LogP contribution in [-0.4, -0.2) is 37.1 Å². The third kappa shape index (κ3) is 2.78. The van der Waals surface area contributed by atoms with Crippen LogP contribution in [0.1, 0.15) is 46.0 Å². The average molecular weight is 224 g/mol. The number of nitrogens with one attached hydrogen (secondary N) is 1. The predicted molar refractivity (Wildman–Crippen MR) is 69.6 cm³/mol. The van der Waals surface area contributed by atoms with Crippen molar-refractivity contribution in [1.29, 1.82) is 0 Å². The Hall–Kier alpha value is -0.0800. The van der Waals surface area contributed by atoms with Gasteiger partial charge in [-0.05, 0) is 44.1 Å². The first-order valence-corrected chi connectivity index (χ1v) is 7.29. The summed E-state index contributed by atoms with van der Waals surface area (Å²) in [7, 11) is 0. The van der Waals surface area contributed by atoms with Crippen LogP contribution in [-0.2, 0) is 0 Å². The quantitative estimate of drug-likeness (QED) is 0.697. The summed E-state index contributed by atoms with van der Waals surface area (Å²) in [6, 6.07) is 0.789. The molecule has 0 aromatic heterocycles. The van der Waals surface area contributed by atoms with Crippen LogP contribution in [0.2, 0.25) is 0 Å². The van der Waals surface area contributed by atoms with E-state index < -0.39 is 0 Å². The Morgan fingerprint density at radius 1 is 1.19 bits per heavy atom. The van der Waals surface area contributed by atoms with E-state index in [0.29, 0.717) is 0 Å². The van der Waals surface area contributed by atoms with Gasteiger partial charge in [0.1, 0.15) is 0 Å². The van der Waals surface area contributed by atoms with Crippen LogP contribution >= 0.6 is 0 Å². The second kappa shape index (κ2) is 6.02. The van der Waals surface area contributed by atoms with Gasteiger partial charge >= 0.3 is 0 Å². The fourth-order valence-corrected chi connectivity index (χ4v) is 3.55. The molecule has 1 heterocycles. The zero-order valence-corrected chi connectivity index (χ0v) is 11.0. The van der Waals surface area contributed by atoms with Crippen LogP contribution < -0.4 is 5.32 Å². The Labute approximate surface area is 101 Å². The Balaban J connectivity index is 1.77. The minimum Gasteiger partial charge on any atom is -0.315 e. The Morgan fingerprint density at radius 2 is 1.88 bits per heavy atom. The SMILES string of the molecule is CCCNCC(CC)N1CC2CCCC2C1. The molecule has 2 fully saturated rings. The summed E-state index contributed by atoms with van der Waals surface area (Å²) in [5.41, 5.74) is 0. The van der Waals surface area contributed by atoms with E-state index in [2.05, 4.69) is 24.1 Å². The molecule has 2 aliphatic rings. The summed E-state index contributed by atoms with van der Waals surface area (Å²) in [4.78, 5) is 2.76. The largest absolute Gasteiger partial charge is 0.315 e. The number of nitrogens with zero attached hydrogens (tertiary/aromatic N) is 1. The van der Waals surface area contributed by atoms with Gasteiger partial charge in [-0.1, -0.05) is 20.3 Å². The van der Waals surface area contributed by atoms with E-state index in [1.54, 1.807) is 0 Å². The van der Waals surface area contributed by atoms with Crippen LogP contribution in [0.5, 0.6) is 0 Å². The van der Waals surface area contributed by atoms with Gasteiger partial charge in [0.15, 0.2) is 0 Å². The number of hydrogen-bond acceptors (Lipinski definition) is 2. The molecule has 94 valence electrons. The lowest BCUT2D eigenvalue weighted by atomic mass is 10.0. The van der Waals surface area contributed by atoms with E-state index in [1.165, 1.54) is 58.3 Å². The van der Waals surface area contributed by atoms with Gasteiger partial charge in [0.2, 0.25) is 0 Å². The maximum atomic E-state index is 3.59. The molecule has 2 heteroatoms. The summed E-state index contributed by atoms with van der Waals surface area (Å²) >= 11 is 0. The highest BCUT2D eigenvalue weighted by molar-refractivity contribution is 4.91. The molecule has 2 nitrogen and oxygen atoms in total. The van der Waals surface area contributed by atoms with Crippen molar-refractivity contribution in [3.05, 3.63) is 0 Å². The number of fused-ring (bicyclic) bond motifs is 1. The first-order chi connectivity index (χ1) is 7.85. The molecule has 3 unspecified atom stereocenters. The molecule has 1 aliphatic heterocycles. The molecule has 16 heavy (non-hydrogen) atoms. The molecule has 0 spiro atoms. The molecule has 0 bridgehead atoms. The van der Waals surface area contributed by atoms with Crippen LogP contribution in [0, 0.1) is 11.8 Å². The van der Waals surface area contributed by atoms with Crippen molar-refractivity contribution in [2.24, 2.45) is 11.8 Å². The molecular weight excluding hydrogens is 196 g/mol. The number of likely N-dealkylation sites (tertiary alicyclic amines) is 1. The molecule has 0 radical (unpaired) electrons. The van der Waals surface area contributed by atoms with Gasteiger partial charge in [0.05, 0.1) is 0 Å². The average Bonchev–Trinajstić information content (AvgIpc) is 2.84. The molecule has 0 aromatic rings. The Kier molecular flexibility index (Phi) is 4.66. The van der Waals surface area contributed by atoms with Crippen LogP contribution in [0.3, 0.4) is 0 Å². The van der Waals surface area contributed by atoms with Crippen molar-refractivity contribution >= 4 is 0 Å². The minimum atomic E-state index is 0.789. The lowest BCUT2D eigenvalue weighted by Gasteiger charge is -2.27. The van der Waals surface area contributed by atoms with Gasteiger partial charge in [-0.15, -0.1) is 0 Å². The van der Waals surface area contributed by atoms with Crippen LogP contribution in [0.4, 0.5) is 0 Å². The molecule has 3 atom stereocenters. The fraction of sp³-hybridized carbons (Fsp3) is 1.00. The number of rotatable bonds is 6. The molecule has 1 N–H and O–H groups in total. The topological polar surface area (TPSA) is 15.3 Å². The highest BCUT2D eigenvalue weighted by atomic mass is 15.2. The van der Waals surface area contributed by atoms with Crippen molar-refractivity contribution < 1.29 is 0 Å². The molecule has 1 saturated heterocycles. The highest BCUT2D eigenvalue weighted by Crippen LogP contribution is 2.38. The van der Waals surface area contributed by atoms with E-state index in [0.717, 1.165) is 17.9 Å². The second-order valence-corrected chi connectivity index (χ2v) is 5.67. The zero-order chi connectivity index (χ0) is 11.4. The zero-order valence-electron chi connectivity index (χ0n) is 11.0. The van der Waals surface area contributed by atoms with E-state index in [1.807, 2.05) is 0 Å². The lowest BCUT2D eigenvalue weighted by Crippen LogP contribution is -2.41. The standard InChI is InChI=1S/C14H28N2/c1-3-8-15-9-14(4-2)16-10-12-6-5-7-13(12)11-16/h12-15H,3-11H2,1-2H3. The van der Waals surface area contributed by atoms with Crippen LogP contribution in [0.15, 0.2) is 0 Å². The first kappa shape index (κ1) is 12.4. The minimum absolute atomic E-state index is 0.789. The summed E-state index contributed by atoms with van der Waals surface area (Å²) in [6.45, 7) is 9.73. The number of hydrogen-bond donors (Lipinski definition) is 1. The Morgan fingerprint density at radius 3 is 2.44 bits per heavy atom. The summed E-state index contributed by atoms with van der Waals surface area (Å²) in [5, 5.41) is 3.59. The van der Waals surface area contributed by atoms with E-state index in [-0.39, 0.29) is 0 Å². The molecule has 1 aliphatic carbocycles. The van der Waals surface area contributed by atoms with Gasteiger partial charge in [0, 0.05) is 25.7 Å². The van der Waals surface area contributed by atoms with Gasteiger partial charge in [-0.2, -0.15) is 0 Å². The van der Waals surface area contributed by atoms with Gasteiger partial charge in [0.25, 0.3) is 0 Å². The van der Waals surface area contributed by atoms with Crippen molar-refractivity contribution in [2.45, 2.75) is 52.0 Å². The van der Waals surface area contributed by atoms with Crippen LogP contribution in [0.25, 0.3) is 0 Å². The normalized spacial score (nSPS) is 31.9. The van der Waals surface area contributed by atoms with Gasteiger partial charge < -0.3 is 5.32 Å². The van der Waals surface area contributed by atoms with Crippen molar-refractivity contribution in [1.82, 2.24) is 10.2 Å². The second-order valence-electron chi connectivity index (χ2n) is 5.67. The molecule has 0 aromatic carbocycles. The highest BCUT2D eigenvalue weighted by Gasteiger charge is 2.37. The van der Waals surface area contributed by atoms with E-state index in [9.17, 15) is 0 Å². The smallest absolute Gasteiger partial charge is 0.0218 e. The van der Waals surface area contributed by atoms with Gasteiger partial charge in [-0.3, -0.25) is 4.90 Å². The van der Waals surface area contributed by atoms with Crippen molar-refractivity contribution in [3.63, 3.8) is 0 Å². The molecule has 2 rings (SSSR count). The molecule has 0 amide bonds. The molecule has 1 saturated carbocycles. The predicted octanol–water partition coefficient (Wildman–Crippen LogP) is 2.50. The first-order valence-electron chi connectivity index (χ1n) is 7.29. The fourth-order valence-electron chi connectivity index (χ4n) is 3.55. The monoisotopic (exact) mass is 224 g/mol. The maximum Gasteiger partial charge on any atom is 0.0218 e. The summed E-state index contributed by atoms with van der Waals surface area (Å²) < 4.78 is 0. The third-order valence-electron chi connectivity index (χ3n) is 4.55. The van der Waals surface area contributed by atoms with E-state index >= 15 is 0 Å². The van der Waals surface area contributed by atoms with Crippen molar-refractivity contribution in [2.75, 3.05) is 26.2 Å². The maximum absolute atomic E-state index is 3.59. The summed E-state index contributed by atoms with van der Waals surface area (Å²) in [6.07, 6.45) is 7.05. The lowest BCUT2D eigenvalue weighted by molar-refractivity contribution is 0.213. The molecular formula is C14H28N2. The Bertz CT molecular complexity index is 193. The summed E-state index contributed by atoms with van der Waals surface area (Å²) in [5.74, 6) is 2.08. The third-order valence-corrected chi connectivity index (χ3v) is 4.55. The van der Waals surface area contributed by atoms with E-state index in [4.69, 9.17) is 0 Å².